The van der Waals surface area contributed by atoms with Crippen molar-refractivity contribution in [2.45, 2.75) is 33.2 Å². The SMILES string of the molecule is CCC[NH+](CCC)Cc1c([O-])ccc2c1OC(=Cc1ccc(-c3ccccc3)cc1)C2=O. The van der Waals surface area contributed by atoms with Crippen LogP contribution < -0.4 is 14.7 Å². The molecule has 164 valence electrons. The van der Waals surface area contributed by atoms with E-state index in [0.29, 0.717) is 23.4 Å². The van der Waals surface area contributed by atoms with Crippen LogP contribution in [0.15, 0.2) is 72.5 Å². The van der Waals surface area contributed by atoms with Crippen LogP contribution in [0, 0.1) is 0 Å². The third-order valence-corrected chi connectivity index (χ3v) is 5.85. The summed E-state index contributed by atoms with van der Waals surface area (Å²) in [7, 11) is 0. The Hall–Kier alpha value is -3.37. The van der Waals surface area contributed by atoms with Crippen molar-refractivity contribution >= 4 is 11.9 Å². The standard InChI is InChI=1S/C28H29NO3/c1-3-16-29(17-4-2)19-24-25(30)15-14-23-27(31)26(32-28(23)24)18-20-10-12-22(13-11-20)21-8-6-5-7-9-21/h5-15,18,30H,3-4,16-17,19H2,1-2H3. The molecule has 1 aliphatic rings. The van der Waals surface area contributed by atoms with Crippen molar-refractivity contribution in [1.82, 2.24) is 0 Å². The van der Waals surface area contributed by atoms with Crippen LogP contribution in [0.25, 0.3) is 17.2 Å². The number of allylic oxidation sites excluding steroid dienone is 1. The maximum absolute atomic E-state index is 13.0. The second-order valence-corrected chi connectivity index (χ2v) is 8.27. The number of ether oxygens (including phenoxy) is 1. The van der Waals surface area contributed by atoms with E-state index in [0.717, 1.165) is 42.6 Å². The van der Waals surface area contributed by atoms with Gasteiger partial charge in [-0.05, 0) is 41.7 Å². The zero-order valence-electron chi connectivity index (χ0n) is 18.7. The molecule has 0 aliphatic carbocycles. The van der Waals surface area contributed by atoms with Crippen molar-refractivity contribution in [3.63, 3.8) is 0 Å². The third kappa shape index (κ3) is 4.61. The highest BCUT2D eigenvalue weighted by molar-refractivity contribution is 6.15. The first-order chi connectivity index (χ1) is 15.6. The van der Waals surface area contributed by atoms with Gasteiger partial charge in [0.05, 0.1) is 18.7 Å². The van der Waals surface area contributed by atoms with E-state index in [1.54, 1.807) is 12.1 Å². The summed E-state index contributed by atoms with van der Waals surface area (Å²) in [4.78, 5) is 14.3. The fourth-order valence-corrected chi connectivity index (χ4v) is 4.27. The Morgan fingerprint density at radius 2 is 1.53 bits per heavy atom. The van der Waals surface area contributed by atoms with Crippen molar-refractivity contribution in [2.75, 3.05) is 13.1 Å². The monoisotopic (exact) mass is 427 g/mol. The molecule has 1 N–H and O–H groups in total. The number of ketones is 1. The van der Waals surface area contributed by atoms with Gasteiger partial charge in [0.1, 0.15) is 12.3 Å². The van der Waals surface area contributed by atoms with Gasteiger partial charge in [-0.25, -0.2) is 0 Å². The Labute approximate surface area is 189 Å². The summed E-state index contributed by atoms with van der Waals surface area (Å²) in [5.74, 6) is 0.488. The van der Waals surface area contributed by atoms with Gasteiger partial charge in [-0.2, -0.15) is 0 Å². The van der Waals surface area contributed by atoms with E-state index in [2.05, 4.69) is 26.0 Å². The Morgan fingerprint density at radius 1 is 0.875 bits per heavy atom. The molecule has 0 fully saturated rings. The number of hydrogen-bond acceptors (Lipinski definition) is 3. The van der Waals surface area contributed by atoms with Crippen molar-refractivity contribution < 1.29 is 19.5 Å². The number of quaternary nitrogens is 1. The van der Waals surface area contributed by atoms with Crippen molar-refractivity contribution in [1.29, 1.82) is 0 Å². The van der Waals surface area contributed by atoms with Gasteiger partial charge < -0.3 is 14.7 Å². The quantitative estimate of drug-likeness (QED) is 0.547. The van der Waals surface area contributed by atoms with Crippen LogP contribution in [0.4, 0.5) is 0 Å². The zero-order chi connectivity index (χ0) is 22.5. The Morgan fingerprint density at radius 3 is 2.19 bits per heavy atom. The first-order valence-corrected chi connectivity index (χ1v) is 11.4. The lowest BCUT2D eigenvalue weighted by molar-refractivity contribution is -0.914. The van der Waals surface area contributed by atoms with Crippen LogP contribution in [0.3, 0.4) is 0 Å². The predicted octanol–water partition coefficient (Wildman–Crippen LogP) is 4.25. The predicted molar refractivity (Wildman–Crippen MR) is 126 cm³/mol. The highest BCUT2D eigenvalue weighted by atomic mass is 16.5. The van der Waals surface area contributed by atoms with E-state index < -0.39 is 0 Å². The normalized spacial score (nSPS) is 14.1. The number of nitrogens with one attached hydrogen (secondary N) is 1. The summed E-state index contributed by atoms with van der Waals surface area (Å²) in [6.07, 6.45) is 3.85. The van der Waals surface area contributed by atoms with Gasteiger partial charge in [-0.15, -0.1) is 0 Å². The summed E-state index contributed by atoms with van der Waals surface area (Å²) in [5, 5.41) is 12.6. The Balaban J connectivity index is 1.59. The zero-order valence-corrected chi connectivity index (χ0v) is 18.7. The van der Waals surface area contributed by atoms with E-state index in [4.69, 9.17) is 4.74 Å². The number of rotatable bonds is 8. The summed E-state index contributed by atoms with van der Waals surface area (Å²) < 4.78 is 6.01. The van der Waals surface area contributed by atoms with E-state index in [9.17, 15) is 9.90 Å². The van der Waals surface area contributed by atoms with Crippen LogP contribution in [-0.2, 0) is 6.54 Å². The molecule has 1 aliphatic heterocycles. The number of fused-ring (bicyclic) bond motifs is 1. The van der Waals surface area contributed by atoms with Crippen molar-refractivity contribution in [3.05, 3.63) is 89.2 Å². The molecule has 4 heteroatoms. The summed E-state index contributed by atoms with van der Waals surface area (Å²) in [5.41, 5.74) is 4.23. The molecule has 0 radical (unpaired) electrons. The number of Topliss-reactive ketones (excluding diaryl/α,β-unsaturated/α-hetero) is 1. The third-order valence-electron chi connectivity index (χ3n) is 5.85. The minimum Gasteiger partial charge on any atom is -0.872 e. The van der Waals surface area contributed by atoms with Crippen LogP contribution in [-0.4, -0.2) is 18.9 Å². The Bertz CT molecular complexity index is 1110. The van der Waals surface area contributed by atoms with Crippen LogP contribution in [0.2, 0.25) is 0 Å². The summed E-state index contributed by atoms with van der Waals surface area (Å²) in [6, 6.07) is 21.3. The topological polar surface area (TPSA) is 53.8 Å². The lowest BCUT2D eigenvalue weighted by Crippen LogP contribution is -3.10. The molecule has 0 aromatic heterocycles. The molecule has 0 spiro atoms. The fourth-order valence-electron chi connectivity index (χ4n) is 4.27. The maximum Gasteiger partial charge on any atom is 0.231 e. The molecule has 3 aromatic rings. The average molecular weight is 428 g/mol. The second-order valence-electron chi connectivity index (χ2n) is 8.27. The van der Waals surface area contributed by atoms with Gasteiger partial charge >= 0.3 is 0 Å². The van der Waals surface area contributed by atoms with Crippen LogP contribution in [0.5, 0.6) is 11.5 Å². The molecule has 3 aromatic carbocycles. The first kappa shape index (κ1) is 21.8. The van der Waals surface area contributed by atoms with E-state index in [-0.39, 0.29) is 17.3 Å². The number of hydrogen-bond donors (Lipinski definition) is 1. The first-order valence-electron chi connectivity index (χ1n) is 11.4. The number of carbonyl (C=O) groups excluding carboxylic acids is 1. The highest BCUT2D eigenvalue weighted by Gasteiger charge is 2.31. The molecule has 4 nitrogen and oxygen atoms in total. The number of benzene rings is 3. The highest BCUT2D eigenvalue weighted by Crippen LogP contribution is 2.38. The summed E-state index contributed by atoms with van der Waals surface area (Å²) in [6.45, 7) is 6.85. The van der Waals surface area contributed by atoms with Gasteiger partial charge in [0, 0.05) is 5.56 Å². The van der Waals surface area contributed by atoms with Gasteiger partial charge in [-0.3, -0.25) is 4.79 Å². The molecule has 1 heterocycles. The molecular formula is C28H29NO3. The molecule has 0 saturated heterocycles. The lowest BCUT2D eigenvalue weighted by atomic mass is 10.0. The molecule has 0 unspecified atom stereocenters. The molecule has 0 atom stereocenters. The molecular weight excluding hydrogens is 398 g/mol. The summed E-state index contributed by atoms with van der Waals surface area (Å²) >= 11 is 0. The van der Waals surface area contributed by atoms with E-state index in [1.165, 1.54) is 11.0 Å². The van der Waals surface area contributed by atoms with Crippen LogP contribution >= 0.6 is 0 Å². The maximum atomic E-state index is 13.0. The van der Waals surface area contributed by atoms with Gasteiger partial charge in [0.2, 0.25) is 5.78 Å². The number of carbonyl (C=O) groups is 1. The fraction of sp³-hybridized carbons (Fsp3) is 0.250. The van der Waals surface area contributed by atoms with Gasteiger partial charge in [-0.1, -0.05) is 80.3 Å². The Kier molecular flexibility index (Phi) is 6.72. The van der Waals surface area contributed by atoms with Crippen LogP contribution in [0.1, 0.15) is 48.2 Å². The van der Waals surface area contributed by atoms with Crippen molar-refractivity contribution in [2.24, 2.45) is 0 Å². The molecule has 0 bridgehead atoms. The average Bonchev–Trinajstić information content (AvgIpc) is 3.12. The lowest BCUT2D eigenvalue weighted by Gasteiger charge is -2.23. The van der Waals surface area contributed by atoms with Gasteiger partial charge in [0.15, 0.2) is 5.76 Å². The minimum atomic E-state index is -0.166. The smallest absolute Gasteiger partial charge is 0.231 e. The molecule has 0 saturated carbocycles. The largest absolute Gasteiger partial charge is 0.872 e. The molecule has 0 amide bonds. The van der Waals surface area contributed by atoms with Crippen molar-refractivity contribution in [3.8, 4) is 22.6 Å². The second kappa shape index (κ2) is 9.84. The molecule has 32 heavy (non-hydrogen) atoms. The molecule has 4 rings (SSSR count). The van der Waals surface area contributed by atoms with Gasteiger partial charge in [0.25, 0.3) is 0 Å². The van der Waals surface area contributed by atoms with E-state index in [1.807, 2.05) is 42.5 Å². The minimum absolute atomic E-state index is 0.0604. The van der Waals surface area contributed by atoms with E-state index >= 15 is 0 Å².